The third-order valence-electron chi connectivity index (χ3n) is 4.11. The van der Waals surface area contributed by atoms with Crippen LogP contribution in [-0.4, -0.2) is 40.2 Å². The van der Waals surface area contributed by atoms with E-state index < -0.39 is 5.97 Å². The third-order valence-corrected chi connectivity index (χ3v) is 5.08. The first-order valence-electron chi connectivity index (χ1n) is 8.18. The van der Waals surface area contributed by atoms with E-state index in [0.717, 1.165) is 25.1 Å². The molecule has 2 rings (SSSR count). The van der Waals surface area contributed by atoms with Crippen LogP contribution in [0.15, 0.2) is 5.03 Å². The number of ether oxygens (including phenoxy) is 1. The zero-order valence-electron chi connectivity index (χ0n) is 14.9. The van der Waals surface area contributed by atoms with Crippen molar-refractivity contribution >= 4 is 23.6 Å². The van der Waals surface area contributed by atoms with Gasteiger partial charge in [-0.25, -0.2) is 14.8 Å². The number of aryl methyl sites for hydroxylation is 1. The van der Waals surface area contributed by atoms with Crippen molar-refractivity contribution in [2.24, 2.45) is 0 Å². The molecular formula is C17H25N3O3S. The van der Waals surface area contributed by atoms with Gasteiger partial charge in [-0.2, -0.15) is 0 Å². The summed E-state index contributed by atoms with van der Waals surface area (Å²) in [6, 6.07) is 0. The summed E-state index contributed by atoms with van der Waals surface area (Å²) in [6.45, 7) is 7.77. The Morgan fingerprint density at radius 2 is 2.00 bits per heavy atom. The molecular weight excluding hydrogens is 326 g/mol. The highest BCUT2D eigenvalue weighted by molar-refractivity contribution is 8.00. The molecule has 1 saturated carbocycles. The summed E-state index contributed by atoms with van der Waals surface area (Å²) in [6.07, 6.45) is 2.99. The molecule has 1 heterocycles. The Morgan fingerprint density at radius 1 is 1.33 bits per heavy atom. The summed E-state index contributed by atoms with van der Waals surface area (Å²) in [5.74, 6) is 0.798. The van der Waals surface area contributed by atoms with Crippen LogP contribution in [0.3, 0.4) is 0 Å². The molecule has 6 nitrogen and oxygen atoms in total. The number of nitrogens with zero attached hydrogens (tertiary/aromatic N) is 2. The zero-order chi connectivity index (χ0) is 17.9. The lowest BCUT2D eigenvalue weighted by molar-refractivity contribution is -0.120. The predicted octanol–water partition coefficient (Wildman–Crippen LogP) is 2.85. The van der Waals surface area contributed by atoms with Crippen LogP contribution < -0.4 is 5.32 Å². The number of carbonyl (C=O) groups excluding carboxylic acids is 2. The summed E-state index contributed by atoms with van der Waals surface area (Å²) in [5.41, 5.74) is 0.717. The minimum atomic E-state index is -0.466. The fourth-order valence-corrected chi connectivity index (χ4v) is 3.04. The van der Waals surface area contributed by atoms with Crippen molar-refractivity contribution in [1.82, 2.24) is 15.3 Å². The third kappa shape index (κ3) is 4.69. The number of thioether (sulfide) groups is 1. The highest BCUT2D eigenvalue weighted by Gasteiger charge is 2.30. The van der Waals surface area contributed by atoms with Crippen LogP contribution in [0.2, 0.25) is 0 Å². The molecule has 1 aromatic rings. The Labute approximate surface area is 147 Å². The van der Waals surface area contributed by atoms with Crippen LogP contribution in [0.5, 0.6) is 0 Å². The summed E-state index contributed by atoms with van der Waals surface area (Å²) in [4.78, 5) is 33.2. The average Bonchev–Trinajstić information content (AvgIpc) is 3.36. The fourth-order valence-electron chi connectivity index (χ4n) is 2.17. The second-order valence-corrected chi connectivity index (χ2v) is 7.65. The summed E-state index contributed by atoms with van der Waals surface area (Å²) in [7, 11) is 1.33. The van der Waals surface area contributed by atoms with Crippen molar-refractivity contribution in [2.75, 3.05) is 12.9 Å². The molecule has 1 aromatic heterocycles. The van der Waals surface area contributed by atoms with Gasteiger partial charge in [0.2, 0.25) is 5.91 Å². The largest absolute Gasteiger partial charge is 0.465 e. The van der Waals surface area contributed by atoms with E-state index in [1.54, 1.807) is 6.92 Å². The van der Waals surface area contributed by atoms with Crippen LogP contribution in [0.25, 0.3) is 0 Å². The maximum absolute atomic E-state index is 12.2. The Kier molecular flexibility index (Phi) is 5.85. The van der Waals surface area contributed by atoms with Crippen LogP contribution in [-0.2, 0) is 9.53 Å². The molecule has 1 aliphatic carbocycles. The van der Waals surface area contributed by atoms with E-state index in [9.17, 15) is 9.59 Å². The number of methoxy groups -OCH3 is 1. The van der Waals surface area contributed by atoms with Gasteiger partial charge in [0.15, 0.2) is 0 Å². The van der Waals surface area contributed by atoms with E-state index in [1.807, 2.05) is 20.8 Å². The molecule has 0 spiro atoms. The summed E-state index contributed by atoms with van der Waals surface area (Å²) in [5, 5.41) is 3.51. The first-order chi connectivity index (χ1) is 11.3. The molecule has 0 aromatic carbocycles. The molecule has 7 heteroatoms. The molecule has 0 atom stereocenters. The first-order valence-corrected chi connectivity index (χ1v) is 9.16. The molecule has 0 bridgehead atoms. The van der Waals surface area contributed by atoms with E-state index in [4.69, 9.17) is 4.74 Å². The molecule has 0 saturated heterocycles. The Hall–Kier alpha value is -1.63. The number of nitrogens with one attached hydrogen (secondary N) is 1. The molecule has 0 radical (unpaired) electrons. The number of amides is 1. The number of rotatable bonds is 7. The smallest absolute Gasteiger partial charge is 0.342 e. The van der Waals surface area contributed by atoms with Gasteiger partial charge in [0.25, 0.3) is 0 Å². The zero-order valence-corrected chi connectivity index (χ0v) is 15.7. The van der Waals surface area contributed by atoms with Crippen LogP contribution >= 0.6 is 11.8 Å². The fraction of sp³-hybridized carbons (Fsp3) is 0.647. The Morgan fingerprint density at radius 3 is 2.54 bits per heavy atom. The van der Waals surface area contributed by atoms with Crippen molar-refractivity contribution in [2.45, 2.75) is 63.4 Å². The lowest BCUT2D eigenvalue weighted by Crippen LogP contribution is -2.43. The van der Waals surface area contributed by atoms with Crippen LogP contribution in [0, 0.1) is 6.92 Å². The van der Waals surface area contributed by atoms with Gasteiger partial charge in [-0.3, -0.25) is 4.79 Å². The number of aromatic nitrogens is 2. The normalized spacial score (nSPS) is 14.4. The standard InChI is InChI=1S/C17H25N3O3S/c1-6-17(3,4)20-12(21)9-24-15-13(16(22)23-5)10(2)18-14(19-15)11-7-8-11/h11H,6-9H2,1-5H3,(H,20,21). The van der Waals surface area contributed by atoms with Gasteiger partial charge in [0, 0.05) is 11.5 Å². The predicted molar refractivity (Wildman–Crippen MR) is 93.3 cm³/mol. The second-order valence-electron chi connectivity index (χ2n) is 6.69. The highest BCUT2D eigenvalue weighted by atomic mass is 32.2. The van der Waals surface area contributed by atoms with Crippen molar-refractivity contribution in [1.29, 1.82) is 0 Å². The molecule has 1 amide bonds. The molecule has 0 unspecified atom stereocenters. The lowest BCUT2D eigenvalue weighted by atomic mass is 10.0. The van der Waals surface area contributed by atoms with Gasteiger partial charge in [-0.1, -0.05) is 18.7 Å². The number of hydrogen-bond acceptors (Lipinski definition) is 6. The van der Waals surface area contributed by atoms with Crippen molar-refractivity contribution < 1.29 is 14.3 Å². The van der Waals surface area contributed by atoms with E-state index in [0.29, 0.717) is 22.2 Å². The Bertz CT molecular complexity index is 642. The van der Waals surface area contributed by atoms with E-state index in [2.05, 4.69) is 15.3 Å². The molecule has 1 N–H and O–H groups in total. The minimum Gasteiger partial charge on any atom is -0.465 e. The van der Waals surface area contributed by atoms with E-state index in [-0.39, 0.29) is 17.2 Å². The summed E-state index contributed by atoms with van der Waals surface area (Å²) >= 11 is 1.26. The highest BCUT2D eigenvalue weighted by Crippen LogP contribution is 2.39. The summed E-state index contributed by atoms with van der Waals surface area (Å²) < 4.78 is 4.85. The maximum Gasteiger partial charge on any atom is 0.342 e. The SMILES string of the molecule is CCC(C)(C)NC(=O)CSc1nc(C2CC2)nc(C)c1C(=O)OC. The van der Waals surface area contributed by atoms with Crippen LogP contribution in [0.1, 0.15) is 67.8 Å². The van der Waals surface area contributed by atoms with Crippen molar-refractivity contribution in [3.8, 4) is 0 Å². The minimum absolute atomic E-state index is 0.0769. The van der Waals surface area contributed by atoms with Gasteiger partial charge >= 0.3 is 5.97 Å². The number of carbonyl (C=O) groups is 2. The van der Waals surface area contributed by atoms with Gasteiger partial charge < -0.3 is 10.1 Å². The lowest BCUT2D eigenvalue weighted by Gasteiger charge is -2.24. The molecule has 24 heavy (non-hydrogen) atoms. The molecule has 0 aliphatic heterocycles. The number of esters is 1. The van der Waals surface area contributed by atoms with Gasteiger partial charge in [-0.15, -0.1) is 0 Å². The second kappa shape index (κ2) is 7.51. The Balaban J connectivity index is 2.18. The van der Waals surface area contributed by atoms with E-state index in [1.165, 1.54) is 18.9 Å². The number of hydrogen-bond donors (Lipinski definition) is 1. The monoisotopic (exact) mass is 351 g/mol. The maximum atomic E-state index is 12.2. The van der Waals surface area contributed by atoms with Crippen molar-refractivity contribution in [3.63, 3.8) is 0 Å². The van der Waals surface area contributed by atoms with Crippen molar-refractivity contribution in [3.05, 3.63) is 17.1 Å². The van der Waals surface area contributed by atoms with Crippen LogP contribution in [0.4, 0.5) is 0 Å². The topological polar surface area (TPSA) is 81.2 Å². The quantitative estimate of drug-likeness (QED) is 0.462. The van der Waals surface area contributed by atoms with Gasteiger partial charge in [0.1, 0.15) is 16.4 Å². The van der Waals surface area contributed by atoms with E-state index >= 15 is 0 Å². The molecule has 1 aliphatic rings. The average molecular weight is 351 g/mol. The van der Waals surface area contributed by atoms with Gasteiger partial charge in [-0.05, 0) is 40.0 Å². The molecule has 1 fully saturated rings. The van der Waals surface area contributed by atoms with Gasteiger partial charge in [0.05, 0.1) is 18.6 Å². The molecule has 132 valence electrons. The first kappa shape index (κ1) is 18.7.